The van der Waals surface area contributed by atoms with Crippen molar-refractivity contribution in [2.75, 3.05) is 6.54 Å². The first-order valence-corrected chi connectivity index (χ1v) is 5.11. The van der Waals surface area contributed by atoms with E-state index in [1.807, 2.05) is 0 Å². The van der Waals surface area contributed by atoms with Crippen LogP contribution in [0.1, 0.15) is 39.5 Å². The molecule has 0 aromatic rings. The SMILES string of the molecule is CCC(C)CC(F)C1CCCN1. The van der Waals surface area contributed by atoms with Crippen LogP contribution in [0.4, 0.5) is 4.39 Å². The largest absolute Gasteiger partial charge is 0.311 e. The molecule has 1 heterocycles. The van der Waals surface area contributed by atoms with Crippen molar-refractivity contribution in [1.82, 2.24) is 5.32 Å². The van der Waals surface area contributed by atoms with Gasteiger partial charge in [0, 0.05) is 6.04 Å². The minimum Gasteiger partial charge on any atom is -0.311 e. The summed E-state index contributed by atoms with van der Waals surface area (Å²) in [4.78, 5) is 0. The van der Waals surface area contributed by atoms with Crippen LogP contribution in [0.15, 0.2) is 0 Å². The van der Waals surface area contributed by atoms with E-state index in [2.05, 4.69) is 19.2 Å². The molecule has 3 atom stereocenters. The Kier molecular flexibility index (Phi) is 3.99. The van der Waals surface area contributed by atoms with Crippen LogP contribution < -0.4 is 5.32 Å². The molecule has 1 aliphatic heterocycles. The lowest BCUT2D eigenvalue weighted by atomic mass is 9.97. The summed E-state index contributed by atoms with van der Waals surface area (Å²) in [6.07, 6.45) is 3.37. The summed E-state index contributed by atoms with van der Waals surface area (Å²) in [5, 5.41) is 3.21. The minimum absolute atomic E-state index is 0.152. The maximum absolute atomic E-state index is 13.5. The number of nitrogens with one attached hydrogen (secondary N) is 1. The van der Waals surface area contributed by atoms with Crippen molar-refractivity contribution in [2.24, 2.45) is 5.92 Å². The zero-order valence-corrected chi connectivity index (χ0v) is 8.15. The van der Waals surface area contributed by atoms with E-state index >= 15 is 0 Å². The molecule has 1 rings (SSSR count). The normalized spacial score (nSPS) is 28.8. The Morgan fingerprint density at radius 1 is 1.58 bits per heavy atom. The topological polar surface area (TPSA) is 12.0 Å². The summed E-state index contributed by atoms with van der Waals surface area (Å²) in [6, 6.07) is 0.152. The third kappa shape index (κ3) is 2.74. The van der Waals surface area contributed by atoms with Gasteiger partial charge in [0.25, 0.3) is 0 Å². The fourth-order valence-electron chi connectivity index (χ4n) is 1.74. The average molecular weight is 173 g/mol. The van der Waals surface area contributed by atoms with Crippen LogP contribution >= 0.6 is 0 Å². The van der Waals surface area contributed by atoms with Crippen molar-refractivity contribution in [3.63, 3.8) is 0 Å². The van der Waals surface area contributed by atoms with Crippen LogP contribution in [-0.2, 0) is 0 Å². The van der Waals surface area contributed by atoms with Crippen molar-refractivity contribution in [2.45, 2.75) is 51.7 Å². The van der Waals surface area contributed by atoms with E-state index in [4.69, 9.17) is 0 Å². The molecule has 1 N–H and O–H groups in total. The Balaban J connectivity index is 2.21. The molecular formula is C10H20FN. The van der Waals surface area contributed by atoms with Gasteiger partial charge in [-0.1, -0.05) is 20.3 Å². The number of alkyl halides is 1. The highest BCUT2D eigenvalue weighted by Crippen LogP contribution is 2.20. The van der Waals surface area contributed by atoms with Crippen molar-refractivity contribution in [3.05, 3.63) is 0 Å². The number of hydrogen-bond acceptors (Lipinski definition) is 1. The standard InChI is InChI=1S/C10H20FN/c1-3-8(2)7-9(11)10-5-4-6-12-10/h8-10,12H,3-7H2,1-2H3. The summed E-state index contributed by atoms with van der Waals surface area (Å²) >= 11 is 0. The first-order chi connectivity index (χ1) is 5.74. The predicted molar refractivity (Wildman–Crippen MR) is 50.0 cm³/mol. The minimum atomic E-state index is -0.623. The summed E-state index contributed by atoms with van der Waals surface area (Å²) in [6.45, 7) is 5.26. The lowest BCUT2D eigenvalue weighted by Crippen LogP contribution is -2.32. The van der Waals surface area contributed by atoms with E-state index in [9.17, 15) is 4.39 Å². The monoisotopic (exact) mass is 173 g/mol. The van der Waals surface area contributed by atoms with Crippen LogP contribution in [0, 0.1) is 5.92 Å². The maximum Gasteiger partial charge on any atom is 0.116 e. The molecule has 0 aromatic heterocycles. The van der Waals surface area contributed by atoms with E-state index in [-0.39, 0.29) is 6.04 Å². The maximum atomic E-state index is 13.5. The van der Waals surface area contributed by atoms with Gasteiger partial charge >= 0.3 is 0 Å². The molecule has 0 amide bonds. The third-order valence-electron chi connectivity index (χ3n) is 2.86. The zero-order valence-electron chi connectivity index (χ0n) is 8.15. The fraction of sp³-hybridized carbons (Fsp3) is 1.00. The van der Waals surface area contributed by atoms with Gasteiger partial charge in [-0.2, -0.15) is 0 Å². The van der Waals surface area contributed by atoms with Gasteiger partial charge in [0.05, 0.1) is 0 Å². The van der Waals surface area contributed by atoms with Gasteiger partial charge in [0.15, 0.2) is 0 Å². The van der Waals surface area contributed by atoms with Crippen LogP contribution in [0.25, 0.3) is 0 Å². The first kappa shape index (κ1) is 9.97. The molecule has 1 nitrogen and oxygen atoms in total. The molecule has 1 aliphatic rings. The molecule has 0 spiro atoms. The van der Waals surface area contributed by atoms with Gasteiger partial charge in [0.2, 0.25) is 0 Å². The second-order valence-electron chi connectivity index (χ2n) is 3.97. The second-order valence-corrected chi connectivity index (χ2v) is 3.97. The molecule has 0 aliphatic carbocycles. The Labute approximate surface area is 74.7 Å². The van der Waals surface area contributed by atoms with Crippen LogP contribution in [-0.4, -0.2) is 18.8 Å². The Hall–Kier alpha value is -0.110. The first-order valence-electron chi connectivity index (χ1n) is 5.11. The highest BCUT2D eigenvalue weighted by Gasteiger charge is 2.24. The van der Waals surface area contributed by atoms with Gasteiger partial charge in [-0.3, -0.25) is 0 Å². The van der Waals surface area contributed by atoms with Crippen molar-refractivity contribution in [3.8, 4) is 0 Å². The van der Waals surface area contributed by atoms with Crippen molar-refractivity contribution in [1.29, 1.82) is 0 Å². The lowest BCUT2D eigenvalue weighted by Gasteiger charge is -2.18. The van der Waals surface area contributed by atoms with Gasteiger partial charge < -0.3 is 5.32 Å². The molecule has 0 bridgehead atoms. The summed E-state index contributed by atoms with van der Waals surface area (Å²) < 4.78 is 13.5. The van der Waals surface area contributed by atoms with Gasteiger partial charge in [0.1, 0.15) is 6.17 Å². The number of rotatable bonds is 4. The summed E-state index contributed by atoms with van der Waals surface area (Å²) in [5.74, 6) is 0.530. The summed E-state index contributed by atoms with van der Waals surface area (Å²) in [7, 11) is 0. The van der Waals surface area contributed by atoms with E-state index in [0.29, 0.717) is 5.92 Å². The summed E-state index contributed by atoms with van der Waals surface area (Å²) in [5.41, 5.74) is 0. The molecule has 0 aromatic carbocycles. The van der Waals surface area contributed by atoms with Gasteiger partial charge in [-0.15, -0.1) is 0 Å². The van der Waals surface area contributed by atoms with E-state index < -0.39 is 6.17 Å². The second kappa shape index (κ2) is 4.80. The molecule has 12 heavy (non-hydrogen) atoms. The molecule has 2 heteroatoms. The molecule has 72 valence electrons. The Morgan fingerprint density at radius 3 is 2.83 bits per heavy atom. The lowest BCUT2D eigenvalue weighted by molar-refractivity contribution is 0.220. The Morgan fingerprint density at radius 2 is 2.33 bits per heavy atom. The molecule has 1 saturated heterocycles. The van der Waals surface area contributed by atoms with E-state index in [1.165, 1.54) is 0 Å². The average Bonchev–Trinajstić information content (AvgIpc) is 2.56. The number of hydrogen-bond donors (Lipinski definition) is 1. The quantitative estimate of drug-likeness (QED) is 0.688. The third-order valence-corrected chi connectivity index (χ3v) is 2.86. The fourth-order valence-corrected chi connectivity index (χ4v) is 1.74. The predicted octanol–water partition coefficient (Wildman–Crippen LogP) is 2.51. The van der Waals surface area contributed by atoms with E-state index in [1.54, 1.807) is 0 Å². The Bertz CT molecular complexity index is 121. The van der Waals surface area contributed by atoms with Gasteiger partial charge in [-0.05, 0) is 31.7 Å². The molecule has 1 fully saturated rings. The smallest absolute Gasteiger partial charge is 0.116 e. The van der Waals surface area contributed by atoms with Crippen LogP contribution in [0.3, 0.4) is 0 Å². The van der Waals surface area contributed by atoms with Crippen LogP contribution in [0.2, 0.25) is 0 Å². The van der Waals surface area contributed by atoms with E-state index in [0.717, 1.165) is 32.2 Å². The highest BCUT2D eigenvalue weighted by molar-refractivity contribution is 4.82. The molecule has 0 saturated carbocycles. The van der Waals surface area contributed by atoms with Crippen molar-refractivity contribution >= 4 is 0 Å². The van der Waals surface area contributed by atoms with Crippen LogP contribution in [0.5, 0.6) is 0 Å². The number of halogens is 1. The van der Waals surface area contributed by atoms with Crippen molar-refractivity contribution < 1.29 is 4.39 Å². The molecule has 0 radical (unpaired) electrons. The highest BCUT2D eigenvalue weighted by atomic mass is 19.1. The van der Waals surface area contributed by atoms with Gasteiger partial charge in [-0.25, -0.2) is 4.39 Å². The zero-order chi connectivity index (χ0) is 8.97. The molecular weight excluding hydrogens is 153 g/mol. The molecule has 3 unspecified atom stereocenters.